The van der Waals surface area contributed by atoms with Gasteiger partial charge in [0.2, 0.25) is 10.0 Å². The predicted molar refractivity (Wildman–Crippen MR) is 165 cm³/mol. The third kappa shape index (κ3) is 7.47. The van der Waals surface area contributed by atoms with Gasteiger partial charge in [-0.15, -0.1) is 11.3 Å². The second-order valence-corrected chi connectivity index (χ2v) is 14.0. The van der Waals surface area contributed by atoms with E-state index in [-0.39, 0.29) is 42.6 Å². The molecule has 1 fully saturated rings. The number of halogens is 2. The standard InChI is InChI=1S/C31H32F2N4O6S2/c1-19(2)15-36(45(41,42)22-9-11-25-29(14-22)44-18-34-25)16-27(38)26(12-20-6-4-3-5-7-20)35-30(39)28-17-37(31(40)43-28)21-8-10-23(32)24(33)13-21/h3-11,13-14,18-19,26-28,38H,12,15-17H2,1-2H3,(H,35,39)/t26-,27+,28-/m0/s1. The molecule has 4 aromatic rings. The molecule has 1 aromatic heterocycles. The summed E-state index contributed by atoms with van der Waals surface area (Å²) in [5.74, 6) is -3.06. The van der Waals surface area contributed by atoms with Gasteiger partial charge < -0.3 is 15.2 Å². The minimum absolute atomic E-state index is 0.0149. The molecule has 3 aromatic carbocycles. The summed E-state index contributed by atoms with van der Waals surface area (Å²) >= 11 is 1.32. The van der Waals surface area contributed by atoms with Gasteiger partial charge >= 0.3 is 6.09 Å². The molecule has 1 aliphatic rings. The van der Waals surface area contributed by atoms with Crippen LogP contribution in [-0.2, 0) is 26.0 Å². The predicted octanol–water partition coefficient (Wildman–Crippen LogP) is 4.34. The van der Waals surface area contributed by atoms with E-state index in [0.717, 1.165) is 22.6 Å². The number of carbonyl (C=O) groups is 2. The Bertz CT molecular complexity index is 1790. The van der Waals surface area contributed by atoms with E-state index >= 15 is 0 Å². The normalized spacial score (nSPS) is 16.7. The van der Waals surface area contributed by atoms with Gasteiger partial charge in [-0.2, -0.15) is 4.31 Å². The van der Waals surface area contributed by atoms with Gasteiger partial charge in [-0.25, -0.2) is 27.0 Å². The van der Waals surface area contributed by atoms with E-state index in [9.17, 15) is 31.9 Å². The summed E-state index contributed by atoms with van der Waals surface area (Å²) < 4.78 is 62.0. The molecule has 45 heavy (non-hydrogen) atoms. The number of cyclic esters (lactones) is 1. The summed E-state index contributed by atoms with van der Waals surface area (Å²) in [6.45, 7) is 3.22. The monoisotopic (exact) mass is 658 g/mol. The van der Waals surface area contributed by atoms with Crippen molar-refractivity contribution in [2.45, 2.75) is 43.4 Å². The molecule has 0 unspecified atom stereocenters. The Morgan fingerprint density at radius 3 is 2.58 bits per heavy atom. The Labute approximate surface area is 263 Å². The molecule has 14 heteroatoms. The van der Waals surface area contributed by atoms with Crippen LogP contribution in [0.3, 0.4) is 0 Å². The third-order valence-electron chi connectivity index (χ3n) is 7.31. The highest BCUT2D eigenvalue weighted by Crippen LogP contribution is 2.26. The highest BCUT2D eigenvalue weighted by atomic mass is 32.2. The van der Waals surface area contributed by atoms with E-state index in [1.165, 1.54) is 27.8 Å². The number of rotatable bonds is 12. The molecule has 0 bridgehead atoms. The van der Waals surface area contributed by atoms with Gasteiger partial charge in [-0.3, -0.25) is 9.69 Å². The van der Waals surface area contributed by atoms with Crippen molar-refractivity contribution in [3.63, 3.8) is 0 Å². The first-order valence-electron chi connectivity index (χ1n) is 14.2. The maximum absolute atomic E-state index is 13.8. The first-order chi connectivity index (χ1) is 21.4. The largest absolute Gasteiger partial charge is 0.434 e. The van der Waals surface area contributed by atoms with E-state index in [1.54, 1.807) is 41.9 Å². The quantitative estimate of drug-likeness (QED) is 0.232. The van der Waals surface area contributed by atoms with Crippen LogP contribution in [0.1, 0.15) is 19.4 Å². The van der Waals surface area contributed by atoms with Gasteiger partial charge in [0.05, 0.1) is 45.0 Å². The molecule has 2 heterocycles. The topological polar surface area (TPSA) is 129 Å². The van der Waals surface area contributed by atoms with Gasteiger partial charge in [0.25, 0.3) is 5.91 Å². The summed E-state index contributed by atoms with van der Waals surface area (Å²) in [7, 11) is -4.06. The van der Waals surface area contributed by atoms with Crippen molar-refractivity contribution in [3.8, 4) is 0 Å². The van der Waals surface area contributed by atoms with Crippen LogP contribution in [0.4, 0.5) is 19.3 Å². The Kier molecular flexibility index (Phi) is 9.77. The number of thiazole rings is 1. The molecular weight excluding hydrogens is 626 g/mol. The fourth-order valence-corrected chi connectivity index (χ4v) is 7.49. The number of benzene rings is 3. The average molecular weight is 659 g/mol. The molecule has 2 amide bonds. The maximum atomic E-state index is 13.8. The molecular formula is C31H32F2N4O6S2. The Morgan fingerprint density at radius 2 is 1.87 bits per heavy atom. The average Bonchev–Trinajstić information content (AvgIpc) is 3.64. The number of aromatic nitrogens is 1. The number of aliphatic hydroxyl groups is 1. The van der Waals surface area contributed by atoms with Crippen molar-refractivity contribution < 1.29 is 36.6 Å². The number of nitrogens with one attached hydrogen (secondary N) is 1. The number of hydrogen-bond acceptors (Lipinski definition) is 8. The van der Waals surface area contributed by atoms with Gasteiger partial charge in [0, 0.05) is 19.2 Å². The lowest BCUT2D eigenvalue weighted by atomic mass is 10.0. The van der Waals surface area contributed by atoms with Crippen molar-refractivity contribution in [2.75, 3.05) is 24.5 Å². The van der Waals surface area contributed by atoms with Gasteiger partial charge in [0.15, 0.2) is 17.7 Å². The Morgan fingerprint density at radius 1 is 1.11 bits per heavy atom. The highest BCUT2D eigenvalue weighted by Gasteiger charge is 2.39. The molecule has 0 saturated carbocycles. The van der Waals surface area contributed by atoms with E-state index in [0.29, 0.717) is 10.2 Å². The van der Waals surface area contributed by atoms with Crippen LogP contribution in [-0.4, -0.2) is 72.7 Å². The second-order valence-electron chi connectivity index (χ2n) is 11.2. The number of fused-ring (bicyclic) bond motifs is 1. The lowest BCUT2D eigenvalue weighted by Crippen LogP contribution is -2.53. The van der Waals surface area contributed by atoms with Gasteiger partial charge in [-0.05, 0) is 48.2 Å². The number of sulfonamides is 1. The number of anilines is 1. The van der Waals surface area contributed by atoms with Crippen molar-refractivity contribution in [1.82, 2.24) is 14.6 Å². The molecule has 1 aliphatic heterocycles. The summed E-state index contributed by atoms with van der Waals surface area (Å²) in [6.07, 6.45) is -3.47. The zero-order valence-corrected chi connectivity index (χ0v) is 26.1. The zero-order chi connectivity index (χ0) is 32.3. The fourth-order valence-electron chi connectivity index (χ4n) is 5.05. The first kappa shape index (κ1) is 32.4. The molecule has 3 atom stereocenters. The maximum Gasteiger partial charge on any atom is 0.415 e. The Hall–Kier alpha value is -3.98. The molecule has 0 radical (unpaired) electrons. The summed E-state index contributed by atoms with van der Waals surface area (Å²) in [5.41, 5.74) is 3.09. The van der Waals surface area contributed by atoms with E-state index in [2.05, 4.69) is 10.3 Å². The van der Waals surface area contributed by atoms with Crippen LogP contribution in [0.25, 0.3) is 10.2 Å². The zero-order valence-electron chi connectivity index (χ0n) is 24.5. The van der Waals surface area contributed by atoms with E-state index in [4.69, 9.17) is 4.74 Å². The van der Waals surface area contributed by atoms with Crippen LogP contribution in [0.2, 0.25) is 0 Å². The molecule has 0 aliphatic carbocycles. The smallest absolute Gasteiger partial charge is 0.415 e. The SMILES string of the molecule is CC(C)CN(C[C@@H](O)[C@H](Cc1ccccc1)NC(=O)[C@@H]1CN(c2ccc(F)c(F)c2)C(=O)O1)S(=O)(=O)c1ccc2ncsc2c1. The minimum Gasteiger partial charge on any atom is -0.434 e. The number of aliphatic hydroxyl groups excluding tert-OH is 1. The van der Waals surface area contributed by atoms with E-state index < -0.39 is 51.9 Å². The van der Waals surface area contributed by atoms with Gasteiger partial charge in [0.1, 0.15) is 0 Å². The number of amides is 2. The number of nitrogens with zero attached hydrogens (tertiary/aromatic N) is 3. The molecule has 1 saturated heterocycles. The van der Waals surface area contributed by atoms with Crippen LogP contribution in [0.15, 0.2) is 77.1 Å². The number of carbonyl (C=O) groups excluding carboxylic acids is 2. The Balaban J connectivity index is 1.36. The van der Waals surface area contributed by atoms with E-state index in [1.807, 2.05) is 19.9 Å². The molecule has 10 nitrogen and oxygen atoms in total. The number of ether oxygens (including phenoxy) is 1. The molecule has 238 valence electrons. The van der Waals surface area contributed by atoms with Crippen molar-refractivity contribution in [1.29, 1.82) is 0 Å². The lowest BCUT2D eigenvalue weighted by Gasteiger charge is -2.31. The summed E-state index contributed by atoms with van der Waals surface area (Å²) in [5, 5.41) is 14.2. The van der Waals surface area contributed by atoms with Crippen molar-refractivity contribution >= 4 is 49.3 Å². The minimum atomic E-state index is -4.06. The van der Waals surface area contributed by atoms with Crippen molar-refractivity contribution in [3.05, 3.63) is 89.4 Å². The number of hydrogen-bond donors (Lipinski definition) is 2. The summed E-state index contributed by atoms with van der Waals surface area (Å²) in [6, 6.07) is 15.6. The van der Waals surface area contributed by atoms with Crippen LogP contribution < -0.4 is 10.2 Å². The van der Waals surface area contributed by atoms with Crippen LogP contribution in [0, 0.1) is 17.6 Å². The fraction of sp³-hybridized carbons (Fsp3) is 0.323. The third-order valence-corrected chi connectivity index (χ3v) is 9.93. The first-order valence-corrected chi connectivity index (χ1v) is 16.5. The molecule has 0 spiro atoms. The lowest BCUT2D eigenvalue weighted by molar-refractivity contribution is -0.129. The van der Waals surface area contributed by atoms with Gasteiger partial charge in [-0.1, -0.05) is 44.2 Å². The van der Waals surface area contributed by atoms with Crippen LogP contribution >= 0.6 is 11.3 Å². The van der Waals surface area contributed by atoms with Crippen molar-refractivity contribution in [2.24, 2.45) is 5.92 Å². The second kappa shape index (κ2) is 13.6. The highest BCUT2D eigenvalue weighted by molar-refractivity contribution is 7.89. The van der Waals surface area contributed by atoms with Crippen LogP contribution in [0.5, 0.6) is 0 Å². The summed E-state index contributed by atoms with van der Waals surface area (Å²) in [4.78, 5) is 31.2. The molecule has 2 N–H and O–H groups in total. The molecule has 5 rings (SSSR count).